The predicted octanol–water partition coefficient (Wildman–Crippen LogP) is 3.95. The number of alkyl halides is 3. The van der Waals surface area contributed by atoms with Crippen LogP contribution in [0.25, 0.3) is 0 Å². The molecule has 0 unspecified atom stereocenters. The molecule has 1 N–H and O–H groups in total. The second-order valence-electron chi connectivity index (χ2n) is 6.36. The van der Waals surface area contributed by atoms with Gasteiger partial charge < -0.3 is 4.90 Å². The lowest BCUT2D eigenvalue weighted by Gasteiger charge is -2.17. The quantitative estimate of drug-likeness (QED) is 0.825. The number of thioether (sulfide) groups is 1. The average molecular weight is 404 g/mol. The number of anilines is 1. The van der Waals surface area contributed by atoms with Gasteiger partial charge in [0.05, 0.1) is 23.4 Å². The molecule has 0 saturated carbocycles. The van der Waals surface area contributed by atoms with Gasteiger partial charge in [-0.3, -0.25) is 10.2 Å². The van der Waals surface area contributed by atoms with E-state index >= 15 is 0 Å². The van der Waals surface area contributed by atoms with Crippen molar-refractivity contribution >= 4 is 39.9 Å². The molecule has 0 saturated heterocycles. The number of amidine groups is 1. The molecule has 2 aliphatic heterocycles. The van der Waals surface area contributed by atoms with Crippen molar-refractivity contribution in [3.05, 3.63) is 59.2 Å². The van der Waals surface area contributed by atoms with Crippen molar-refractivity contribution in [2.75, 3.05) is 17.7 Å². The molecule has 0 spiro atoms. The molecule has 0 aromatic heterocycles. The summed E-state index contributed by atoms with van der Waals surface area (Å²) in [6, 6.07) is 10.9. The number of fused-ring (bicyclic) bond motifs is 1. The van der Waals surface area contributed by atoms with Gasteiger partial charge in [0.1, 0.15) is 0 Å². The van der Waals surface area contributed by atoms with Gasteiger partial charge >= 0.3 is 6.18 Å². The number of rotatable bonds is 2. The van der Waals surface area contributed by atoms with Crippen molar-refractivity contribution in [1.29, 1.82) is 0 Å². The summed E-state index contributed by atoms with van der Waals surface area (Å²) < 4.78 is 39.3. The van der Waals surface area contributed by atoms with Crippen LogP contribution in [0, 0.1) is 0 Å². The molecular formula is C19H15F3N4OS. The van der Waals surface area contributed by atoms with E-state index in [1.807, 2.05) is 18.2 Å². The Morgan fingerprint density at radius 1 is 1.21 bits per heavy atom. The monoisotopic (exact) mass is 404 g/mol. The Bertz CT molecular complexity index is 1020. The summed E-state index contributed by atoms with van der Waals surface area (Å²) >= 11 is 1.28. The summed E-state index contributed by atoms with van der Waals surface area (Å²) in [4.78, 5) is 17.5. The second kappa shape index (κ2) is 6.97. The van der Waals surface area contributed by atoms with Crippen molar-refractivity contribution in [3.8, 4) is 0 Å². The molecule has 0 radical (unpaired) electrons. The smallest absolute Gasteiger partial charge is 0.315 e. The number of benzene rings is 2. The van der Waals surface area contributed by atoms with Crippen LogP contribution >= 0.6 is 11.8 Å². The van der Waals surface area contributed by atoms with Crippen molar-refractivity contribution in [2.45, 2.75) is 12.6 Å². The maximum absolute atomic E-state index is 13.1. The minimum absolute atomic E-state index is 0.0444. The number of hydrogen-bond donors (Lipinski definition) is 1. The zero-order valence-electron chi connectivity index (χ0n) is 14.7. The second-order valence-corrected chi connectivity index (χ2v) is 7.33. The van der Waals surface area contributed by atoms with Gasteiger partial charge in [-0.1, -0.05) is 30.0 Å². The Labute approximate surface area is 163 Å². The highest BCUT2D eigenvalue weighted by Gasteiger charge is 2.33. The van der Waals surface area contributed by atoms with Crippen LogP contribution in [0.1, 0.15) is 16.7 Å². The first-order valence-electron chi connectivity index (χ1n) is 8.43. The van der Waals surface area contributed by atoms with Crippen LogP contribution < -0.4 is 10.3 Å². The minimum atomic E-state index is -4.47. The van der Waals surface area contributed by atoms with E-state index < -0.39 is 11.7 Å². The molecule has 2 heterocycles. The van der Waals surface area contributed by atoms with Gasteiger partial charge in [-0.2, -0.15) is 18.3 Å². The number of nitrogens with one attached hydrogen (secondary N) is 1. The van der Waals surface area contributed by atoms with Gasteiger partial charge in [-0.25, -0.2) is 4.99 Å². The lowest BCUT2D eigenvalue weighted by molar-refractivity contribution is -0.137. The van der Waals surface area contributed by atoms with Crippen LogP contribution in [-0.4, -0.2) is 29.6 Å². The van der Waals surface area contributed by atoms with E-state index in [9.17, 15) is 18.0 Å². The van der Waals surface area contributed by atoms with Crippen molar-refractivity contribution < 1.29 is 18.0 Å². The Kier molecular flexibility index (Phi) is 4.62. The van der Waals surface area contributed by atoms with Gasteiger partial charge in [0.15, 0.2) is 5.17 Å². The largest absolute Gasteiger partial charge is 0.418 e. The lowest BCUT2D eigenvalue weighted by Crippen LogP contribution is -2.25. The Balaban J connectivity index is 1.56. The predicted molar refractivity (Wildman–Crippen MR) is 104 cm³/mol. The number of amides is 1. The van der Waals surface area contributed by atoms with Crippen molar-refractivity contribution in [2.24, 2.45) is 10.1 Å². The summed E-state index contributed by atoms with van der Waals surface area (Å²) in [5.74, 6) is 0.505. The maximum Gasteiger partial charge on any atom is 0.418 e. The average Bonchev–Trinajstić information content (AvgIpc) is 2.95. The highest BCUT2D eigenvalue weighted by molar-refractivity contribution is 8.14. The summed E-state index contributed by atoms with van der Waals surface area (Å²) in [5.41, 5.74) is 5.25. The van der Waals surface area contributed by atoms with E-state index in [2.05, 4.69) is 15.5 Å². The number of aliphatic imine (C=N–C) groups is 1. The van der Waals surface area contributed by atoms with Gasteiger partial charge in [-0.15, -0.1) is 0 Å². The van der Waals surface area contributed by atoms with E-state index in [1.54, 1.807) is 11.9 Å². The topological polar surface area (TPSA) is 57.1 Å². The molecule has 2 aliphatic rings. The molecule has 28 heavy (non-hydrogen) atoms. The normalized spacial score (nSPS) is 18.1. The number of nitrogens with zero attached hydrogens (tertiary/aromatic N) is 3. The standard InChI is InChI=1S/C19H15F3N4OS/c1-26-16-7-6-11(8-12(16)9-17(26)27)15-10-28-18(25-24-15)23-14-5-3-2-4-13(14)19(20,21)22/h2-8H,9-10H2,1H3,(H,23,25). The fourth-order valence-corrected chi connectivity index (χ4v) is 3.87. The molecule has 0 bridgehead atoms. The number of likely N-dealkylation sites (N-methyl/N-ethyl adjacent to an activating group) is 1. The first-order chi connectivity index (χ1) is 13.3. The molecule has 0 fully saturated rings. The lowest BCUT2D eigenvalue weighted by atomic mass is 10.1. The van der Waals surface area contributed by atoms with E-state index in [0.29, 0.717) is 17.3 Å². The van der Waals surface area contributed by atoms with Crippen LogP contribution in [0.4, 0.5) is 24.5 Å². The SMILES string of the molecule is CN1C(=O)Cc2cc(C3=NNC(=Nc4ccccc4C(F)(F)F)SC3)ccc21. The zero-order chi connectivity index (χ0) is 19.9. The number of hydrogen-bond acceptors (Lipinski definition) is 4. The molecule has 4 rings (SSSR count). The van der Waals surface area contributed by atoms with E-state index in [0.717, 1.165) is 28.6 Å². The Hall–Kier alpha value is -2.81. The summed E-state index contributed by atoms with van der Waals surface area (Å²) in [6.07, 6.45) is -4.11. The third kappa shape index (κ3) is 3.49. The maximum atomic E-state index is 13.1. The summed E-state index contributed by atoms with van der Waals surface area (Å²) in [5, 5.41) is 4.57. The molecule has 0 atom stereocenters. The van der Waals surface area contributed by atoms with Crippen LogP contribution in [0.5, 0.6) is 0 Å². The van der Waals surface area contributed by atoms with Crippen LogP contribution in [-0.2, 0) is 17.4 Å². The number of carbonyl (C=O) groups is 1. The first kappa shape index (κ1) is 18.5. The van der Waals surface area contributed by atoms with Gasteiger partial charge in [0.2, 0.25) is 5.91 Å². The van der Waals surface area contributed by atoms with Gasteiger partial charge in [-0.05, 0) is 35.4 Å². The number of halogens is 3. The third-order valence-electron chi connectivity index (χ3n) is 4.55. The van der Waals surface area contributed by atoms with Crippen molar-refractivity contribution in [3.63, 3.8) is 0 Å². The van der Waals surface area contributed by atoms with Gasteiger partial charge in [0, 0.05) is 18.5 Å². The van der Waals surface area contributed by atoms with Crippen LogP contribution in [0.15, 0.2) is 52.6 Å². The summed E-state index contributed by atoms with van der Waals surface area (Å²) in [6.45, 7) is 0. The first-order valence-corrected chi connectivity index (χ1v) is 9.41. The fraction of sp³-hybridized carbons (Fsp3) is 0.211. The Morgan fingerprint density at radius 3 is 2.71 bits per heavy atom. The molecule has 0 aliphatic carbocycles. The van der Waals surface area contributed by atoms with Gasteiger partial charge in [0.25, 0.3) is 0 Å². The highest BCUT2D eigenvalue weighted by Crippen LogP contribution is 2.36. The van der Waals surface area contributed by atoms with E-state index in [4.69, 9.17) is 0 Å². The molecule has 2 aromatic rings. The Morgan fingerprint density at radius 2 is 2.00 bits per heavy atom. The number of carbonyl (C=O) groups excluding carboxylic acids is 1. The van der Waals surface area contributed by atoms with Crippen LogP contribution in [0.3, 0.4) is 0 Å². The zero-order valence-corrected chi connectivity index (χ0v) is 15.6. The van der Waals surface area contributed by atoms with Crippen molar-refractivity contribution in [1.82, 2.24) is 5.43 Å². The fourth-order valence-electron chi connectivity index (χ4n) is 3.09. The minimum Gasteiger partial charge on any atom is -0.315 e. The highest BCUT2D eigenvalue weighted by atomic mass is 32.2. The summed E-state index contributed by atoms with van der Waals surface area (Å²) in [7, 11) is 1.74. The molecule has 1 amide bonds. The van der Waals surface area contributed by atoms with E-state index in [1.165, 1.54) is 30.0 Å². The molecular weight excluding hydrogens is 389 g/mol. The number of para-hydroxylation sites is 1. The number of hydrazone groups is 1. The van der Waals surface area contributed by atoms with Crippen LogP contribution in [0.2, 0.25) is 0 Å². The third-order valence-corrected chi connectivity index (χ3v) is 5.43. The molecule has 9 heteroatoms. The molecule has 144 valence electrons. The molecule has 5 nitrogen and oxygen atoms in total. The molecule has 2 aromatic carbocycles. The van der Waals surface area contributed by atoms with E-state index in [-0.39, 0.29) is 11.6 Å².